The van der Waals surface area contributed by atoms with E-state index in [9.17, 15) is 4.39 Å². The van der Waals surface area contributed by atoms with Crippen molar-refractivity contribution in [1.82, 2.24) is 5.48 Å². The molecule has 0 amide bonds. The zero-order valence-corrected chi connectivity index (χ0v) is 12.8. The molecule has 21 heavy (non-hydrogen) atoms. The summed E-state index contributed by atoms with van der Waals surface area (Å²) in [6.45, 7) is 7.23. The second kappa shape index (κ2) is 9.99. The number of ether oxygens (including phenoxy) is 2. The number of hydrogen-bond acceptors (Lipinski definition) is 4. The van der Waals surface area contributed by atoms with Gasteiger partial charge in [-0.3, -0.25) is 10.3 Å². The number of halogens is 1. The molecule has 0 spiro atoms. The van der Waals surface area contributed by atoms with Crippen molar-refractivity contribution in [3.05, 3.63) is 17.9 Å². The molecule has 0 aromatic heterocycles. The van der Waals surface area contributed by atoms with Crippen LogP contribution in [0, 0.1) is 5.82 Å². The van der Waals surface area contributed by atoms with Gasteiger partial charge in [0.25, 0.3) is 0 Å². The molecule has 0 fully saturated rings. The van der Waals surface area contributed by atoms with Crippen LogP contribution in [0.15, 0.2) is 17.1 Å². The molecule has 1 aromatic rings. The van der Waals surface area contributed by atoms with Crippen LogP contribution in [0.2, 0.25) is 0 Å². The highest BCUT2D eigenvalue weighted by Crippen LogP contribution is 2.35. The number of nitrogens with zero attached hydrogens (tertiary/aromatic N) is 1. The summed E-state index contributed by atoms with van der Waals surface area (Å²) < 4.78 is 25.1. The first-order valence-corrected chi connectivity index (χ1v) is 7.21. The lowest BCUT2D eigenvalue weighted by molar-refractivity contribution is 0.100. The fraction of sp³-hybridized carbons (Fsp3) is 0.533. The van der Waals surface area contributed by atoms with Gasteiger partial charge in [0.1, 0.15) is 6.34 Å². The number of hydrogen-bond donors (Lipinski definition) is 1. The Hall–Kier alpha value is -1.82. The monoisotopic (exact) mass is 298 g/mol. The van der Waals surface area contributed by atoms with Crippen molar-refractivity contribution in [3.8, 4) is 11.5 Å². The fourth-order valence-electron chi connectivity index (χ4n) is 1.51. The van der Waals surface area contributed by atoms with Gasteiger partial charge < -0.3 is 9.47 Å². The van der Waals surface area contributed by atoms with Crippen molar-refractivity contribution in [1.29, 1.82) is 0 Å². The van der Waals surface area contributed by atoms with Crippen molar-refractivity contribution in [2.24, 2.45) is 4.99 Å². The van der Waals surface area contributed by atoms with Crippen LogP contribution in [0.25, 0.3) is 0 Å². The topological polar surface area (TPSA) is 52.1 Å². The van der Waals surface area contributed by atoms with Crippen LogP contribution in [0.1, 0.15) is 33.6 Å². The van der Waals surface area contributed by atoms with Gasteiger partial charge in [-0.1, -0.05) is 13.8 Å². The lowest BCUT2D eigenvalue weighted by Gasteiger charge is -2.13. The predicted octanol–water partition coefficient (Wildman–Crippen LogP) is 3.60. The summed E-state index contributed by atoms with van der Waals surface area (Å²) >= 11 is 0. The molecule has 0 atom stereocenters. The largest absolute Gasteiger partial charge is 0.490 e. The summed E-state index contributed by atoms with van der Waals surface area (Å²) in [6.07, 6.45) is 2.98. The van der Waals surface area contributed by atoms with Crippen LogP contribution >= 0.6 is 0 Å². The molecule has 0 aliphatic heterocycles. The maximum absolute atomic E-state index is 14.1. The normalized spacial score (nSPS) is 10.9. The van der Waals surface area contributed by atoms with Crippen LogP contribution < -0.4 is 15.0 Å². The lowest BCUT2D eigenvalue weighted by atomic mass is 10.2. The molecule has 0 unspecified atom stereocenters. The first-order valence-electron chi connectivity index (χ1n) is 7.21. The molecule has 1 rings (SSSR count). The van der Waals surface area contributed by atoms with E-state index in [1.54, 1.807) is 6.07 Å². The van der Waals surface area contributed by atoms with E-state index in [4.69, 9.17) is 14.3 Å². The smallest absolute Gasteiger partial charge is 0.197 e. The van der Waals surface area contributed by atoms with Gasteiger partial charge in [-0.15, -0.1) is 0 Å². The van der Waals surface area contributed by atoms with E-state index in [1.165, 1.54) is 12.4 Å². The van der Waals surface area contributed by atoms with E-state index in [0.717, 1.165) is 12.8 Å². The van der Waals surface area contributed by atoms with Gasteiger partial charge in [0, 0.05) is 12.1 Å². The molecular weight excluding hydrogens is 275 g/mol. The molecule has 0 saturated heterocycles. The first kappa shape index (κ1) is 17.2. The van der Waals surface area contributed by atoms with Crippen LogP contribution in [0.4, 0.5) is 10.1 Å². The minimum atomic E-state index is -0.486. The van der Waals surface area contributed by atoms with Crippen LogP contribution in [0.3, 0.4) is 0 Å². The molecule has 0 heterocycles. The van der Waals surface area contributed by atoms with Crippen LogP contribution in [-0.2, 0) is 4.84 Å². The fourth-order valence-corrected chi connectivity index (χ4v) is 1.51. The third-order valence-corrected chi connectivity index (χ3v) is 2.40. The minimum absolute atomic E-state index is 0.141. The lowest BCUT2D eigenvalue weighted by Crippen LogP contribution is -2.10. The quantitative estimate of drug-likeness (QED) is 0.310. The summed E-state index contributed by atoms with van der Waals surface area (Å²) in [5.41, 5.74) is 2.95. The molecule has 0 saturated carbocycles. The highest BCUT2D eigenvalue weighted by Gasteiger charge is 2.13. The maximum Gasteiger partial charge on any atom is 0.197 e. The summed E-state index contributed by atoms with van der Waals surface area (Å²) in [5.74, 6) is 0.0245. The van der Waals surface area contributed by atoms with Crippen molar-refractivity contribution in [2.75, 3.05) is 19.8 Å². The van der Waals surface area contributed by atoms with E-state index < -0.39 is 5.82 Å². The summed E-state index contributed by atoms with van der Waals surface area (Å²) in [4.78, 5) is 8.97. The number of hydroxylamine groups is 1. The van der Waals surface area contributed by atoms with E-state index in [0.29, 0.717) is 31.3 Å². The predicted molar refractivity (Wildman–Crippen MR) is 80.9 cm³/mol. The van der Waals surface area contributed by atoms with Gasteiger partial charge in [0.15, 0.2) is 17.3 Å². The van der Waals surface area contributed by atoms with Crippen molar-refractivity contribution in [2.45, 2.75) is 33.6 Å². The first-order chi connectivity index (χ1) is 10.2. The second-order valence-corrected chi connectivity index (χ2v) is 4.26. The van der Waals surface area contributed by atoms with Gasteiger partial charge >= 0.3 is 0 Å². The van der Waals surface area contributed by atoms with E-state index >= 15 is 0 Å². The highest BCUT2D eigenvalue weighted by molar-refractivity contribution is 5.62. The average molecular weight is 298 g/mol. The average Bonchev–Trinajstić information content (AvgIpc) is 2.48. The molecule has 6 heteroatoms. The molecule has 0 aliphatic carbocycles. The van der Waals surface area contributed by atoms with Gasteiger partial charge in [-0.2, -0.15) is 0 Å². The zero-order valence-electron chi connectivity index (χ0n) is 12.8. The van der Waals surface area contributed by atoms with Crippen molar-refractivity contribution in [3.63, 3.8) is 0 Å². The van der Waals surface area contributed by atoms with Gasteiger partial charge in [-0.25, -0.2) is 9.38 Å². The molecule has 0 bridgehead atoms. The molecule has 118 valence electrons. The Bertz CT molecular complexity index is 453. The molecule has 0 radical (unpaired) electrons. The van der Waals surface area contributed by atoms with E-state index in [1.807, 2.05) is 20.8 Å². The molecular formula is C15H23FN2O3. The Kier molecular flexibility index (Phi) is 8.19. The van der Waals surface area contributed by atoms with Crippen LogP contribution in [-0.4, -0.2) is 26.2 Å². The van der Waals surface area contributed by atoms with E-state index in [2.05, 4.69) is 10.5 Å². The maximum atomic E-state index is 14.1. The highest BCUT2D eigenvalue weighted by atomic mass is 19.1. The Balaban J connectivity index is 2.91. The Labute approximate surface area is 125 Å². The Morgan fingerprint density at radius 3 is 2.52 bits per heavy atom. The van der Waals surface area contributed by atoms with Crippen molar-refractivity contribution >= 4 is 12.0 Å². The third-order valence-electron chi connectivity index (χ3n) is 2.40. The van der Waals surface area contributed by atoms with Crippen molar-refractivity contribution < 1.29 is 18.7 Å². The number of aliphatic imine (C=N–C) groups is 1. The van der Waals surface area contributed by atoms with Gasteiger partial charge in [0.05, 0.1) is 25.5 Å². The summed E-state index contributed by atoms with van der Waals surface area (Å²) in [6, 6.07) is 2.95. The number of rotatable bonds is 10. The van der Waals surface area contributed by atoms with E-state index in [-0.39, 0.29) is 5.75 Å². The summed E-state index contributed by atoms with van der Waals surface area (Å²) in [5, 5.41) is 0. The summed E-state index contributed by atoms with van der Waals surface area (Å²) in [7, 11) is 0. The zero-order chi connectivity index (χ0) is 15.5. The van der Waals surface area contributed by atoms with Gasteiger partial charge in [0.2, 0.25) is 0 Å². The molecule has 1 aromatic carbocycles. The SMILES string of the molecule is CCCOc1cc(N=CNOCC)cc(F)c1OCCC. The van der Waals surface area contributed by atoms with Gasteiger partial charge in [-0.05, 0) is 19.8 Å². The second-order valence-electron chi connectivity index (χ2n) is 4.26. The number of benzene rings is 1. The minimum Gasteiger partial charge on any atom is -0.490 e. The Morgan fingerprint density at radius 1 is 1.14 bits per heavy atom. The third kappa shape index (κ3) is 5.99. The number of nitrogens with one attached hydrogen (secondary N) is 1. The van der Waals surface area contributed by atoms with Crippen LogP contribution in [0.5, 0.6) is 11.5 Å². The molecule has 0 aliphatic rings. The standard InChI is InChI=1S/C15H23FN2O3/c1-4-7-19-14-10-12(17-11-18-21-6-3)9-13(16)15(14)20-8-5-2/h9-11H,4-8H2,1-3H3,(H,17,18). The molecule has 1 N–H and O–H groups in total. The molecule has 5 nitrogen and oxygen atoms in total. The Morgan fingerprint density at radius 2 is 1.86 bits per heavy atom.